The maximum Gasteiger partial charge on any atom is 0.286 e. The van der Waals surface area contributed by atoms with Gasteiger partial charge >= 0.3 is 0 Å². The van der Waals surface area contributed by atoms with Gasteiger partial charge in [-0.1, -0.05) is 12.1 Å². The summed E-state index contributed by atoms with van der Waals surface area (Å²) in [5.41, 5.74) is 1.69. The molecule has 3 aromatic rings. The zero-order valence-corrected chi connectivity index (χ0v) is 15.7. The molecule has 27 heavy (non-hydrogen) atoms. The summed E-state index contributed by atoms with van der Waals surface area (Å²) in [6.07, 6.45) is 3.59. The molecule has 7 heteroatoms. The normalized spacial score (nSPS) is 20.2. The molecule has 0 spiro atoms. The third-order valence-corrected chi connectivity index (χ3v) is 5.97. The second-order valence-electron chi connectivity index (χ2n) is 6.81. The second kappa shape index (κ2) is 6.51. The minimum atomic E-state index is -0.197. The zero-order valence-electron chi connectivity index (χ0n) is 14.9. The summed E-state index contributed by atoms with van der Waals surface area (Å²) in [4.78, 5) is 26.1. The first-order valence-corrected chi connectivity index (χ1v) is 9.72. The van der Waals surface area contributed by atoms with Crippen molar-refractivity contribution >= 4 is 50.8 Å². The number of pyridine rings is 1. The summed E-state index contributed by atoms with van der Waals surface area (Å²) >= 11 is 1.43. The maximum atomic E-state index is 12.4. The minimum Gasteiger partial charge on any atom is -0.456 e. The molecule has 1 saturated heterocycles. The number of likely N-dealkylation sites (N-methyl/N-ethyl adjacent to an activating group) is 1. The number of furan rings is 1. The number of amidine groups is 1. The van der Waals surface area contributed by atoms with E-state index >= 15 is 0 Å². The molecule has 0 bridgehead atoms. The number of para-hydroxylation sites is 1. The highest BCUT2D eigenvalue weighted by atomic mass is 32.2. The van der Waals surface area contributed by atoms with E-state index in [1.807, 2.05) is 30.3 Å². The van der Waals surface area contributed by atoms with Gasteiger partial charge < -0.3 is 14.2 Å². The van der Waals surface area contributed by atoms with Crippen molar-refractivity contribution < 1.29 is 9.21 Å². The molecular weight excluding hydrogens is 360 g/mol. The lowest BCUT2D eigenvalue weighted by molar-refractivity contribution is -0.113. The molecule has 0 atom stereocenters. The Kier molecular flexibility index (Phi) is 3.98. The smallest absolute Gasteiger partial charge is 0.286 e. The van der Waals surface area contributed by atoms with Crippen molar-refractivity contribution in [2.75, 3.05) is 33.2 Å². The molecule has 0 aliphatic carbocycles. The molecule has 2 aliphatic rings. The van der Waals surface area contributed by atoms with Crippen LogP contribution in [-0.4, -0.2) is 59.1 Å². The molecule has 4 heterocycles. The summed E-state index contributed by atoms with van der Waals surface area (Å²) in [6.45, 7) is 3.75. The number of nitrogens with zero attached hydrogens (tertiary/aromatic N) is 4. The van der Waals surface area contributed by atoms with Crippen LogP contribution in [0.1, 0.15) is 5.76 Å². The summed E-state index contributed by atoms with van der Waals surface area (Å²) in [5.74, 6) is 0.450. The number of hydrogen-bond donors (Lipinski definition) is 0. The third-order valence-electron chi connectivity index (χ3n) is 4.93. The van der Waals surface area contributed by atoms with Gasteiger partial charge in [-0.3, -0.25) is 9.78 Å². The number of carbonyl (C=O) groups excluding carboxylic acids is 1. The number of fused-ring (bicyclic) bond motifs is 3. The van der Waals surface area contributed by atoms with Gasteiger partial charge in [0.25, 0.3) is 5.91 Å². The predicted molar refractivity (Wildman–Crippen MR) is 109 cm³/mol. The molecule has 2 aromatic heterocycles. The molecule has 1 amide bonds. The van der Waals surface area contributed by atoms with Gasteiger partial charge in [-0.05, 0) is 37.0 Å². The Hall–Kier alpha value is -2.64. The second-order valence-corrected chi connectivity index (χ2v) is 7.82. The number of aromatic nitrogens is 1. The lowest BCUT2D eigenvalue weighted by Gasteiger charge is -2.32. The van der Waals surface area contributed by atoms with E-state index in [0.29, 0.717) is 10.7 Å². The van der Waals surface area contributed by atoms with Crippen molar-refractivity contribution in [1.82, 2.24) is 14.8 Å². The van der Waals surface area contributed by atoms with Gasteiger partial charge in [0.1, 0.15) is 11.3 Å². The molecule has 1 fully saturated rings. The van der Waals surface area contributed by atoms with Crippen LogP contribution in [0, 0.1) is 0 Å². The van der Waals surface area contributed by atoms with Crippen LogP contribution in [0.4, 0.5) is 0 Å². The molecule has 0 unspecified atom stereocenters. The third kappa shape index (κ3) is 3.02. The molecule has 1 aromatic carbocycles. The molecule has 6 nitrogen and oxygen atoms in total. The number of thioether (sulfide) groups is 1. The molecule has 0 saturated carbocycles. The van der Waals surface area contributed by atoms with Crippen LogP contribution in [-0.2, 0) is 4.79 Å². The van der Waals surface area contributed by atoms with Crippen molar-refractivity contribution in [1.29, 1.82) is 0 Å². The number of piperazine rings is 1. The summed E-state index contributed by atoms with van der Waals surface area (Å²) in [7, 11) is 2.11. The molecular formula is C20H18N4O2S. The number of amides is 1. The van der Waals surface area contributed by atoms with Crippen LogP contribution >= 0.6 is 11.8 Å². The van der Waals surface area contributed by atoms with Gasteiger partial charge in [-0.2, -0.15) is 4.99 Å². The lowest BCUT2D eigenvalue weighted by Crippen LogP contribution is -2.46. The van der Waals surface area contributed by atoms with E-state index in [4.69, 9.17) is 4.42 Å². The Balaban J connectivity index is 1.43. The topological polar surface area (TPSA) is 61.9 Å². The first-order valence-electron chi connectivity index (χ1n) is 8.91. The number of benzene rings is 1. The average molecular weight is 378 g/mol. The van der Waals surface area contributed by atoms with Crippen LogP contribution in [0.15, 0.2) is 50.8 Å². The molecule has 136 valence electrons. The average Bonchev–Trinajstić information content (AvgIpc) is 3.26. The van der Waals surface area contributed by atoms with Crippen molar-refractivity contribution in [2.24, 2.45) is 4.99 Å². The Morgan fingerprint density at radius 1 is 1.19 bits per heavy atom. The molecule has 5 rings (SSSR count). The minimum absolute atomic E-state index is 0.197. The Labute approximate surface area is 160 Å². The van der Waals surface area contributed by atoms with Crippen LogP contribution in [0.5, 0.6) is 0 Å². The van der Waals surface area contributed by atoms with E-state index in [1.165, 1.54) is 11.8 Å². The first-order chi connectivity index (χ1) is 13.2. The van der Waals surface area contributed by atoms with Crippen molar-refractivity contribution in [2.45, 2.75) is 0 Å². The number of hydrogen-bond acceptors (Lipinski definition) is 6. The van der Waals surface area contributed by atoms with Crippen molar-refractivity contribution in [3.8, 4) is 0 Å². The fraction of sp³-hybridized carbons (Fsp3) is 0.250. The van der Waals surface area contributed by atoms with E-state index in [1.54, 1.807) is 12.3 Å². The zero-order chi connectivity index (χ0) is 18.4. The summed E-state index contributed by atoms with van der Waals surface area (Å²) in [6, 6.07) is 9.80. The summed E-state index contributed by atoms with van der Waals surface area (Å²) < 4.78 is 6.03. The van der Waals surface area contributed by atoms with Gasteiger partial charge in [0.2, 0.25) is 0 Å². The molecule has 2 aliphatic heterocycles. The molecule has 0 N–H and O–H groups in total. The van der Waals surface area contributed by atoms with Crippen LogP contribution in [0.3, 0.4) is 0 Å². The standard InChI is InChI=1S/C20H18N4O2S/c1-23-6-8-24(9-7-23)20-22-19(25)17(27-20)11-14-10-13-12-21-16-5-3-2-4-15(16)18(13)26-14/h2-5,10-12H,6-9H2,1H3/b17-11-. The van der Waals surface area contributed by atoms with Gasteiger partial charge in [-0.25, -0.2) is 0 Å². The largest absolute Gasteiger partial charge is 0.456 e. The van der Waals surface area contributed by atoms with Gasteiger partial charge in [0, 0.05) is 49.2 Å². The summed E-state index contributed by atoms with van der Waals surface area (Å²) in [5, 5.41) is 2.69. The predicted octanol–water partition coefficient (Wildman–Crippen LogP) is 3.20. The molecule has 0 radical (unpaired) electrons. The van der Waals surface area contributed by atoms with E-state index in [0.717, 1.165) is 53.2 Å². The number of aliphatic imine (C=N–C) groups is 1. The van der Waals surface area contributed by atoms with Crippen molar-refractivity contribution in [3.63, 3.8) is 0 Å². The fourth-order valence-electron chi connectivity index (χ4n) is 3.38. The lowest BCUT2D eigenvalue weighted by atomic mass is 10.2. The Morgan fingerprint density at radius 2 is 2.00 bits per heavy atom. The maximum absolute atomic E-state index is 12.4. The fourth-order valence-corrected chi connectivity index (χ4v) is 4.33. The first kappa shape index (κ1) is 16.5. The highest BCUT2D eigenvalue weighted by Gasteiger charge is 2.28. The van der Waals surface area contributed by atoms with E-state index in [-0.39, 0.29) is 5.91 Å². The van der Waals surface area contributed by atoms with Crippen LogP contribution < -0.4 is 0 Å². The monoisotopic (exact) mass is 378 g/mol. The number of carbonyl (C=O) groups is 1. The SMILES string of the molecule is CN1CCN(C2=NC(=O)/C(=C/c3cc4cnc5ccccc5c4o3)S2)CC1. The van der Waals surface area contributed by atoms with Gasteiger partial charge in [0.15, 0.2) is 5.17 Å². The van der Waals surface area contributed by atoms with Gasteiger partial charge in [0.05, 0.1) is 10.4 Å². The van der Waals surface area contributed by atoms with Crippen LogP contribution in [0.25, 0.3) is 27.9 Å². The Morgan fingerprint density at radius 3 is 2.85 bits per heavy atom. The van der Waals surface area contributed by atoms with E-state index in [9.17, 15) is 4.79 Å². The number of rotatable bonds is 1. The van der Waals surface area contributed by atoms with Crippen molar-refractivity contribution in [3.05, 3.63) is 47.2 Å². The highest BCUT2D eigenvalue weighted by Crippen LogP contribution is 2.33. The quantitative estimate of drug-likeness (QED) is 0.606. The highest BCUT2D eigenvalue weighted by molar-refractivity contribution is 8.18. The van der Waals surface area contributed by atoms with Crippen LogP contribution in [0.2, 0.25) is 0 Å². The Bertz CT molecular complexity index is 1110. The van der Waals surface area contributed by atoms with E-state index in [2.05, 4.69) is 26.8 Å². The van der Waals surface area contributed by atoms with E-state index < -0.39 is 0 Å². The van der Waals surface area contributed by atoms with Gasteiger partial charge in [-0.15, -0.1) is 0 Å².